The highest BCUT2D eigenvalue weighted by Crippen LogP contribution is 2.22. The Hall–Kier alpha value is -3.01. The number of hydrogen-bond donors (Lipinski definition) is 2. The Kier molecular flexibility index (Phi) is 6.76. The Balaban J connectivity index is 1.57. The van der Waals surface area contributed by atoms with Gasteiger partial charge in [-0.05, 0) is 44.0 Å². The number of benzene rings is 1. The number of halogens is 1. The van der Waals surface area contributed by atoms with Gasteiger partial charge in [-0.25, -0.2) is 14.2 Å². The number of aromatic nitrogens is 1. The molecule has 0 radical (unpaired) electrons. The molecule has 2 heterocycles. The summed E-state index contributed by atoms with van der Waals surface area (Å²) in [5.41, 5.74) is 0.631. The van der Waals surface area contributed by atoms with Crippen LogP contribution < -0.4 is 10.6 Å². The van der Waals surface area contributed by atoms with Crippen molar-refractivity contribution in [1.82, 2.24) is 9.88 Å². The highest BCUT2D eigenvalue weighted by Gasteiger charge is 2.30. The minimum Gasteiger partial charge on any atom is -0.466 e. The molecule has 0 bridgehead atoms. The van der Waals surface area contributed by atoms with E-state index < -0.39 is 11.8 Å². The van der Waals surface area contributed by atoms with E-state index in [4.69, 9.17) is 4.74 Å². The van der Waals surface area contributed by atoms with Gasteiger partial charge in [-0.1, -0.05) is 0 Å². The van der Waals surface area contributed by atoms with Gasteiger partial charge in [0.25, 0.3) is 5.91 Å². The van der Waals surface area contributed by atoms with Gasteiger partial charge in [0.05, 0.1) is 12.5 Å². The second-order valence-corrected chi connectivity index (χ2v) is 7.32. The molecular weight excluding hydrogens is 399 g/mol. The molecule has 3 amide bonds. The van der Waals surface area contributed by atoms with Gasteiger partial charge >= 0.3 is 12.0 Å². The summed E-state index contributed by atoms with van der Waals surface area (Å²) in [7, 11) is 0. The molecule has 1 saturated heterocycles. The summed E-state index contributed by atoms with van der Waals surface area (Å²) in [5.74, 6) is -1.31. The first-order valence-corrected chi connectivity index (χ1v) is 10.1. The Morgan fingerprint density at radius 2 is 2.03 bits per heavy atom. The average Bonchev–Trinajstić information content (AvgIpc) is 3.17. The van der Waals surface area contributed by atoms with E-state index >= 15 is 0 Å². The number of anilines is 2. The standard InChI is InChI=1S/C19H21FN4O4S/c1-2-28-17(26)12-4-3-9-24(10-12)16(25)15-11-29-19(22-15)23-18(27)21-14-7-5-13(20)6-8-14/h5-8,11-12H,2-4,9-10H2,1H3,(H2,21,22,23,27). The summed E-state index contributed by atoms with van der Waals surface area (Å²) in [6.07, 6.45) is 1.40. The number of ether oxygens (including phenoxy) is 1. The van der Waals surface area contributed by atoms with Gasteiger partial charge in [0.1, 0.15) is 11.5 Å². The van der Waals surface area contributed by atoms with Crippen molar-refractivity contribution in [3.05, 3.63) is 41.2 Å². The molecule has 1 aromatic heterocycles. The molecule has 3 rings (SSSR count). The highest BCUT2D eigenvalue weighted by molar-refractivity contribution is 7.14. The van der Waals surface area contributed by atoms with Crippen LogP contribution in [0.5, 0.6) is 0 Å². The number of esters is 1. The maximum atomic E-state index is 12.9. The molecule has 8 nitrogen and oxygen atoms in total. The van der Waals surface area contributed by atoms with Crippen LogP contribution in [-0.4, -0.2) is 47.5 Å². The fourth-order valence-electron chi connectivity index (χ4n) is 3.00. The lowest BCUT2D eigenvalue weighted by atomic mass is 9.98. The van der Waals surface area contributed by atoms with Gasteiger partial charge in [-0.15, -0.1) is 11.3 Å². The van der Waals surface area contributed by atoms with Crippen LogP contribution in [0.1, 0.15) is 30.3 Å². The molecule has 1 aromatic carbocycles. The molecule has 1 aliphatic rings. The molecule has 1 atom stereocenters. The van der Waals surface area contributed by atoms with Crippen molar-refractivity contribution < 1.29 is 23.5 Å². The average molecular weight is 420 g/mol. The molecule has 0 saturated carbocycles. The number of hydrogen-bond acceptors (Lipinski definition) is 6. The number of likely N-dealkylation sites (tertiary alicyclic amines) is 1. The van der Waals surface area contributed by atoms with Crippen molar-refractivity contribution in [1.29, 1.82) is 0 Å². The van der Waals surface area contributed by atoms with Crippen LogP contribution in [0, 0.1) is 11.7 Å². The van der Waals surface area contributed by atoms with Crippen molar-refractivity contribution in [3.8, 4) is 0 Å². The van der Waals surface area contributed by atoms with Crippen LogP contribution in [-0.2, 0) is 9.53 Å². The van der Waals surface area contributed by atoms with Crippen molar-refractivity contribution in [2.75, 3.05) is 30.3 Å². The van der Waals surface area contributed by atoms with E-state index in [1.54, 1.807) is 17.2 Å². The summed E-state index contributed by atoms with van der Waals surface area (Å²) >= 11 is 1.12. The summed E-state index contributed by atoms with van der Waals surface area (Å²) in [4.78, 5) is 42.4. The fraction of sp³-hybridized carbons (Fsp3) is 0.368. The number of nitrogens with one attached hydrogen (secondary N) is 2. The quantitative estimate of drug-likeness (QED) is 0.723. The SMILES string of the molecule is CCOC(=O)C1CCCN(C(=O)c2csc(NC(=O)Nc3ccc(F)cc3)n2)C1. The molecule has 2 aromatic rings. The maximum Gasteiger partial charge on any atom is 0.325 e. The molecule has 0 spiro atoms. The Bertz CT molecular complexity index is 887. The fourth-order valence-corrected chi connectivity index (χ4v) is 3.68. The highest BCUT2D eigenvalue weighted by atomic mass is 32.1. The Morgan fingerprint density at radius 1 is 1.28 bits per heavy atom. The molecular formula is C19H21FN4O4S. The third-order valence-corrected chi connectivity index (χ3v) is 5.13. The third kappa shape index (κ3) is 5.50. The van der Waals surface area contributed by atoms with E-state index in [1.165, 1.54) is 24.3 Å². The van der Waals surface area contributed by atoms with E-state index in [9.17, 15) is 18.8 Å². The predicted molar refractivity (Wildman–Crippen MR) is 106 cm³/mol. The summed E-state index contributed by atoms with van der Waals surface area (Å²) in [6, 6.07) is 4.78. The van der Waals surface area contributed by atoms with Crippen LogP contribution >= 0.6 is 11.3 Å². The van der Waals surface area contributed by atoms with Gasteiger partial charge < -0.3 is 15.0 Å². The number of amides is 3. The van der Waals surface area contributed by atoms with E-state index in [2.05, 4.69) is 15.6 Å². The summed E-state index contributed by atoms with van der Waals surface area (Å²) < 4.78 is 18.0. The van der Waals surface area contributed by atoms with E-state index in [0.29, 0.717) is 38.2 Å². The number of thiazole rings is 1. The maximum absolute atomic E-state index is 12.9. The normalized spacial score (nSPS) is 16.2. The minimum absolute atomic E-state index is 0.205. The molecule has 0 aliphatic carbocycles. The second-order valence-electron chi connectivity index (χ2n) is 6.47. The van der Waals surface area contributed by atoms with Gasteiger partial charge in [0.2, 0.25) is 0 Å². The molecule has 10 heteroatoms. The van der Waals surface area contributed by atoms with Crippen LogP contribution in [0.2, 0.25) is 0 Å². The van der Waals surface area contributed by atoms with Crippen molar-refractivity contribution in [2.24, 2.45) is 5.92 Å². The first kappa shape index (κ1) is 20.7. The molecule has 29 heavy (non-hydrogen) atoms. The Labute approximate surface area is 171 Å². The summed E-state index contributed by atoms with van der Waals surface area (Å²) in [6.45, 7) is 2.90. The summed E-state index contributed by atoms with van der Waals surface area (Å²) in [5, 5.41) is 6.91. The third-order valence-electron chi connectivity index (χ3n) is 4.37. The molecule has 1 aliphatic heterocycles. The predicted octanol–water partition coefficient (Wildman–Crippen LogP) is 3.34. The monoisotopic (exact) mass is 420 g/mol. The molecule has 1 unspecified atom stereocenters. The number of rotatable bonds is 5. The molecule has 1 fully saturated rings. The number of nitrogens with zero attached hydrogens (tertiary/aromatic N) is 2. The smallest absolute Gasteiger partial charge is 0.325 e. The lowest BCUT2D eigenvalue weighted by Crippen LogP contribution is -2.43. The number of carbonyl (C=O) groups is 3. The van der Waals surface area contributed by atoms with Gasteiger partial charge in [0, 0.05) is 24.2 Å². The van der Waals surface area contributed by atoms with E-state index in [-0.39, 0.29) is 28.6 Å². The van der Waals surface area contributed by atoms with E-state index in [1.807, 2.05) is 0 Å². The first-order chi connectivity index (χ1) is 14.0. The van der Waals surface area contributed by atoms with Gasteiger partial charge in [-0.3, -0.25) is 14.9 Å². The van der Waals surface area contributed by atoms with E-state index in [0.717, 1.165) is 11.3 Å². The Morgan fingerprint density at radius 3 is 2.76 bits per heavy atom. The van der Waals surface area contributed by atoms with Crippen molar-refractivity contribution >= 4 is 40.1 Å². The largest absolute Gasteiger partial charge is 0.466 e. The zero-order valence-corrected chi connectivity index (χ0v) is 16.6. The van der Waals surface area contributed by atoms with Crippen LogP contribution in [0.4, 0.5) is 20.0 Å². The first-order valence-electron chi connectivity index (χ1n) is 9.21. The number of carbonyl (C=O) groups excluding carboxylic acids is 3. The zero-order valence-electron chi connectivity index (χ0n) is 15.8. The minimum atomic E-state index is -0.551. The molecule has 2 N–H and O–H groups in total. The van der Waals surface area contributed by atoms with Crippen LogP contribution in [0.25, 0.3) is 0 Å². The van der Waals surface area contributed by atoms with Gasteiger partial charge in [-0.2, -0.15) is 0 Å². The lowest BCUT2D eigenvalue weighted by molar-refractivity contribution is -0.149. The van der Waals surface area contributed by atoms with Crippen molar-refractivity contribution in [3.63, 3.8) is 0 Å². The molecule has 154 valence electrons. The van der Waals surface area contributed by atoms with Crippen LogP contribution in [0.15, 0.2) is 29.6 Å². The second kappa shape index (κ2) is 9.46. The lowest BCUT2D eigenvalue weighted by Gasteiger charge is -2.31. The van der Waals surface area contributed by atoms with Crippen molar-refractivity contribution in [2.45, 2.75) is 19.8 Å². The topological polar surface area (TPSA) is 101 Å². The number of piperidine rings is 1. The number of urea groups is 1. The zero-order chi connectivity index (χ0) is 20.8. The van der Waals surface area contributed by atoms with Gasteiger partial charge in [0.15, 0.2) is 5.13 Å². The van der Waals surface area contributed by atoms with Crippen LogP contribution in [0.3, 0.4) is 0 Å².